The van der Waals surface area contributed by atoms with E-state index in [0.29, 0.717) is 0 Å². The Balaban J connectivity index is 3.30. The van der Waals surface area contributed by atoms with E-state index in [1.165, 1.54) is 0 Å². The van der Waals surface area contributed by atoms with Gasteiger partial charge < -0.3 is 20.1 Å². The summed E-state index contributed by atoms with van der Waals surface area (Å²) in [5.41, 5.74) is -2.15. The molecule has 19 heavy (non-hydrogen) atoms. The fourth-order valence-corrected chi connectivity index (χ4v) is 2.53. The average Bonchev–Trinajstić information content (AvgIpc) is 2.28. The molecule has 0 unspecified atom stereocenters. The smallest absolute Gasteiger partial charge is 0.173 e. The Morgan fingerprint density at radius 2 is 1.37 bits per heavy atom. The number of ketones is 3. The van der Waals surface area contributed by atoms with Crippen LogP contribution in [0.25, 0.3) is 0 Å². The van der Waals surface area contributed by atoms with Crippen LogP contribution < -0.4 is 0 Å². The first-order chi connectivity index (χ1) is 8.67. The highest BCUT2D eigenvalue weighted by Crippen LogP contribution is 2.34. The minimum atomic E-state index is -2.15. The number of aliphatic hydroxyl groups is 3. The molecule has 4 atom stereocenters. The van der Waals surface area contributed by atoms with Gasteiger partial charge in [-0.1, -0.05) is 0 Å². The molecule has 1 fully saturated rings. The Morgan fingerprint density at radius 1 is 0.947 bits per heavy atom. The molecule has 7 heteroatoms. The van der Waals surface area contributed by atoms with Gasteiger partial charge in [0.25, 0.3) is 0 Å². The van der Waals surface area contributed by atoms with E-state index in [0.717, 1.165) is 20.8 Å². The van der Waals surface area contributed by atoms with Gasteiger partial charge in [-0.3, -0.25) is 14.4 Å². The molecule has 1 heterocycles. The molecule has 0 spiro atoms. The molecule has 0 bridgehead atoms. The number of rotatable bonds is 4. The molecule has 1 aliphatic heterocycles. The summed E-state index contributed by atoms with van der Waals surface area (Å²) >= 11 is 0. The quantitative estimate of drug-likeness (QED) is 0.518. The van der Waals surface area contributed by atoms with Gasteiger partial charge in [0.05, 0.1) is 6.61 Å². The second kappa shape index (κ2) is 5.46. The zero-order valence-corrected chi connectivity index (χ0v) is 11.0. The standard InChI is InChI=1S/C12H18O7/c1-5(13)12(6(2)14,7(3)15)11-10(18)9(17)8(16)4-19-11/h8-11,16-18H,4H2,1-3H3/t8-,9-,10+,11+/m1/s1. The fraction of sp³-hybridized carbons (Fsp3) is 0.750. The Bertz CT molecular complexity index is 367. The van der Waals surface area contributed by atoms with Crippen molar-refractivity contribution in [1.29, 1.82) is 0 Å². The molecule has 108 valence electrons. The predicted molar refractivity (Wildman–Crippen MR) is 62.2 cm³/mol. The van der Waals surface area contributed by atoms with Gasteiger partial charge in [-0.2, -0.15) is 0 Å². The SMILES string of the molecule is CC(=O)C(C(C)=O)(C(C)=O)[C@H]1OC[C@@H](O)[C@@H](O)[C@@H]1O. The Labute approximate surface area is 110 Å². The summed E-state index contributed by atoms with van der Waals surface area (Å²) in [7, 11) is 0. The second-order valence-corrected chi connectivity index (χ2v) is 4.78. The van der Waals surface area contributed by atoms with Gasteiger partial charge >= 0.3 is 0 Å². The zero-order chi connectivity index (χ0) is 15.0. The van der Waals surface area contributed by atoms with Crippen LogP contribution in [0.15, 0.2) is 0 Å². The van der Waals surface area contributed by atoms with Crippen LogP contribution in [-0.4, -0.2) is 63.7 Å². The van der Waals surface area contributed by atoms with E-state index >= 15 is 0 Å². The molecular weight excluding hydrogens is 256 g/mol. The van der Waals surface area contributed by atoms with E-state index in [-0.39, 0.29) is 6.61 Å². The van der Waals surface area contributed by atoms with E-state index in [9.17, 15) is 29.7 Å². The normalized spacial score (nSPS) is 31.9. The number of hydrogen-bond acceptors (Lipinski definition) is 7. The number of Topliss-reactive ketones (excluding diaryl/α,β-unsaturated/α-hetero) is 3. The van der Waals surface area contributed by atoms with Crippen molar-refractivity contribution in [3.63, 3.8) is 0 Å². The molecule has 0 radical (unpaired) electrons. The highest BCUT2D eigenvalue weighted by atomic mass is 16.5. The lowest BCUT2D eigenvalue weighted by Gasteiger charge is -2.43. The zero-order valence-electron chi connectivity index (χ0n) is 11.0. The summed E-state index contributed by atoms with van der Waals surface area (Å²) in [5, 5.41) is 28.9. The van der Waals surface area contributed by atoms with Gasteiger partial charge in [0.1, 0.15) is 24.4 Å². The van der Waals surface area contributed by atoms with Gasteiger partial charge in [0, 0.05) is 0 Å². The number of carbonyl (C=O) groups is 3. The van der Waals surface area contributed by atoms with Crippen molar-refractivity contribution in [2.24, 2.45) is 5.41 Å². The van der Waals surface area contributed by atoms with Crippen molar-refractivity contribution in [3.05, 3.63) is 0 Å². The van der Waals surface area contributed by atoms with Crippen LogP contribution in [0.2, 0.25) is 0 Å². The van der Waals surface area contributed by atoms with Crippen molar-refractivity contribution in [1.82, 2.24) is 0 Å². The minimum absolute atomic E-state index is 0.377. The van der Waals surface area contributed by atoms with Gasteiger partial charge in [-0.15, -0.1) is 0 Å². The Morgan fingerprint density at radius 3 is 1.74 bits per heavy atom. The maximum atomic E-state index is 11.8. The van der Waals surface area contributed by atoms with E-state index in [4.69, 9.17) is 4.74 Å². The number of aliphatic hydroxyl groups excluding tert-OH is 3. The third-order valence-corrected chi connectivity index (χ3v) is 3.59. The van der Waals surface area contributed by atoms with Crippen molar-refractivity contribution in [2.75, 3.05) is 6.61 Å². The van der Waals surface area contributed by atoms with Crippen LogP contribution >= 0.6 is 0 Å². The van der Waals surface area contributed by atoms with Gasteiger partial charge in [0.15, 0.2) is 22.8 Å². The van der Waals surface area contributed by atoms with Crippen molar-refractivity contribution < 1.29 is 34.4 Å². The summed E-state index contributed by atoms with van der Waals surface area (Å²) in [6, 6.07) is 0. The van der Waals surface area contributed by atoms with E-state index in [1.807, 2.05) is 0 Å². The van der Waals surface area contributed by atoms with Crippen LogP contribution in [0.3, 0.4) is 0 Å². The van der Waals surface area contributed by atoms with E-state index in [1.54, 1.807) is 0 Å². The molecule has 3 N–H and O–H groups in total. The predicted octanol–water partition coefficient (Wildman–Crippen LogP) is -1.78. The fourth-order valence-electron chi connectivity index (χ4n) is 2.53. The number of ether oxygens (including phenoxy) is 1. The highest BCUT2D eigenvalue weighted by Gasteiger charge is 2.58. The highest BCUT2D eigenvalue weighted by molar-refractivity contribution is 6.23. The summed E-state index contributed by atoms with van der Waals surface area (Å²) in [4.78, 5) is 35.4. The molecule has 1 aliphatic rings. The molecule has 0 amide bonds. The molecule has 0 aromatic carbocycles. The molecule has 0 saturated carbocycles. The molecule has 0 aromatic rings. The maximum absolute atomic E-state index is 11.8. The van der Waals surface area contributed by atoms with Crippen LogP contribution in [0, 0.1) is 5.41 Å². The Kier molecular flexibility index (Phi) is 4.57. The lowest BCUT2D eigenvalue weighted by atomic mass is 9.68. The van der Waals surface area contributed by atoms with E-state index < -0.39 is 47.2 Å². The van der Waals surface area contributed by atoms with Gasteiger partial charge in [-0.25, -0.2) is 0 Å². The van der Waals surface area contributed by atoms with Crippen LogP contribution in [-0.2, 0) is 19.1 Å². The Hall–Kier alpha value is -1.15. The third kappa shape index (κ3) is 2.34. The first kappa shape index (κ1) is 15.9. The first-order valence-electron chi connectivity index (χ1n) is 5.86. The van der Waals surface area contributed by atoms with Gasteiger partial charge in [0.2, 0.25) is 0 Å². The molecule has 7 nitrogen and oxygen atoms in total. The minimum Gasteiger partial charge on any atom is -0.388 e. The van der Waals surface area contributed by atoms with Crippen LogP contribution in [0.1, 0.15) is 20.8 Å². The van der Waals surface area contributed by atoms with Crippen molar-refractivity contribution >= 4 is 17.3 Å². The lowest BCUT2D eigenvalue weighted by molar-refractivity contribution is -0.215. The van der Waals surface area contributed by atoms with Crippen LogP contribution in [0.5, 0.6) is 0 Å². The first-order valence-corrected chi connectivity index (χ1v) is 5.86. The average molecular weight is 274 g/mol. The summed E-state index contributed by atoms with van der Waals surface area (Å²) in [5.74, 6) is -2.29. The summed E-state index contributed by atoms with van der Waals surface area (Å²) in [6.07, 6.45) is -6.13. The second-order valence-electron chi connectivity index (χ2n) is 4.78. The maximum Gasteiger partial charge on any atom is 0.173 e. The number of carbonyl (C=O) groups excluding carboxylic acids is 3. The molecule has 1 saturated heterocycles. The van der Waals surface area contributed by atoms with Gasteiger partial charge in [-0.05, 0) is 20.8 Å². The topological polar surface area (TPSA) is 121 Å². The van der Waals surface area contributed by atoms with E-state index in [2.05, 4.69) is 0 Å². The molecule has 1 rings (SSSR count). The lowest BCUT2D eigenvalue weighted by Crippen LogP contribution is -2.64. The molecule has 0 aromatic heterocycles. The van der Waals surface area contributed by atoms with Crippen LogP contribution in [0.4, 0.5) is 0 Å². The number of hydrogen-bond donors (Lipinski definition) is 3. The third-order valence-electron chi connectivity index (χ3n) is 3.59. The van der Waals surface area contributed by atoms with Crippen molar-refractivity contribution in [3.8, 4) is 0 Å². The van der Waals surface area contributed by atoms with Crippen molar-refractivity contribution in [2.45, 2.75) is 45.2 Å². The molecular formula is C12H18O7. The monoisotopic (exact) mass is 274 g/mol. The summed E-state index contributed by atoms with van der Waals surface area (Å²) in [6.45, 7) is 2.78. The largest absolute Gasteiger partial charge is 0.388 e. The molecule has 0 aliphatic carbocycles. The summed E-state index contributed by atoms with van der Waals surface area (Å²) < 4.78 is 5.10.